The second-order valence-corrected chi connectivity index (χ2v) is 10.4. The van der Waals surface area contributed by atoms with E-state index in [1.54, 1.807) is 37.3 Å². The SMILES string of the molecule is COc1cccc(OC)c1-n1c(NS(=O)(=O)[C@H](C)[C@H](O)c2ccc(F)cc2CO)nnc1-c1ccc(C)o1. The summed E-state index contributed by atoms with van der Waals surface area (Å²) in [6, 6.07) is 11.7. The first-order valence-electron chi connectivity index (χ1n) is 11.4. The van der Waals surface area contributed by atoms with Gasteiger partial charge in [-0.05, 0) is 61.4 Å². The average molecular weight is 547 g/mol. The van der Waals surface area contributed by atoms with Gasteiger partial charge in [0.05, 0.1) is 26.9 Å². The molecule has 38 heavy (non-hydrogen) atoms. The van der Waals surface area contributed by atoms with Crippen molar-refractivity contribution in [1.29, 1.82) is 0 Å². The maximum absolute atomic E-state index is 13.6. The number of aryl methyl sites for hydroxylation is 1. The third-order valence-electron chi connectivity index (χ3n) is 6.01. The number of aliphatic hydroxyl groups is 2. The second-order valence-electron chi connectivity index (χ2n) is 8.40. The van der Waals surface area contributed by atoms with Crippen molar-refractivity contribution < 1.29 is 36.9 Å². The first kappa shape index (κ1) is 27.1. The second kappa shape index (κ2) is 10.8. The van der Waals surface area contributed by atoms with Crippen LogP contribution in [-0.2, 0) is 16.6 Å². The Morgan fingerprint density at radius 3 is 2.37 bits per heavy atom. The normalized spacial score (nSPS) is 13.2. The van der Waals surface area contributed by atoms with Crippen LogP contribution in [0.2, 0.25) is 0 Å². The van der Waals surface area contributed by atoms with Gasteiger partial charge in [-0.15, -0.1) is 10.2 Å². The predicted octanol–water partition coefficient (Wildman–Crippen LogP) is 3.35. The Labute approximate surface area is 218 Å². The quantitative estimate of drug-likeness (QED) is 0.272. The molecule has 0 amide bonds. The number of nitrogens with zero attached hydrogens (tertiary/aromatic N) is 3. The van der Waals surface area contributed by atoms with Crippen LogP contribution in [0.4, 0.5) is 10.3 Å². The molecule has 2 atom stereocenters. The smallest absolute Gasteiger partial charge is 0.243 e. The molecule has 0 fully saturated rings. The van der Waals surface area contributed by atoms with Crippen LogP contribution in [0.15, 0.2) is 52.9 Å². The number of nitrogens with one attached hydrogen (secondary N) is 1. The highest BCUT2D eigenvalue weighted by molar-refractivity contribution is 7.93. The fourth-order valence-corrected chi connectivity index (χ4v) is 5.03. The number of methoxy groups -OCH3 is 2. The molecule has 0 unspecified atom stereocenters. The largest absolute Gasteiger partial charge is 0.494 e. The third kappa shape index (κ3) is 5.08. The van der Waals surface area contributed by atoms with Crippen LogP contribution >= 0.6 is 0 Å². The summed E-state index contributed by atoms with van der Waals surface area (Å²) in [6.45, 7) is 2.44. The molecule has 0 saturated carbocycles. The first-order chi connectivity index (χ1) is 18.1. The monoisotopic (exact) mass is 546 g/mol. The Morgan fingerprint density at radius 2 is 1.79 bits per heavy atom. The Morgan fingerprint density at radius 1 is 1.11 bits per heavy atom. The van der Waals surface area contributed by atoms with E-state index in [1.807, 2.05) is 0 Å². The summed E-state index contributed by atoms with van der Waals surface area (Å²) < 4.78 is 61.0. The maximum Gasteiger partial charge on any atom is 0.243 e. The number of rotatable bonds is 10. The van der Waals surface area contributed by atoms with Crippen molar-refractivity contribution in [3.8, 4) is 28.8 Å². The fraction of sp³-hybridized carbons (Fsp3) is 0.280. The molecule has 2 aromatic carbocycles. The van der Waals surface area contributed by atoms with E-state index >= 15 is 0 Å². The molecule has 3 N–H and O–H groups in total. The predicted molar refractivity (Wildman–Crippen MR) is 136 cm³/mol. The van der Waals surface area contributed by atoms with Crippen molar-refractivity contribution in [1.82, 2.24) is 14.8 Å². The number of halogens is 1. The summed E-state index contributed by atoms with van der Waals surface area (Å²) in [7, 11) is -1.45. The van der Waals surface area contributed by atoms with Crippen LogP contribution in [0.1, 0.15) is 29.9 Å². The van der Waals surface area contributed by atoms with E-state index in [-0.39, 0.29) is 22.9 Å². The van der Waals surface area contributed by atoms with Gasteiger partial charge in [-0.3, -0.25) is 9.29 Å². The summed E-state index contributed by atoms with van der Waals surface area (Å²) in [6.07, 6.45) is -1.60. The fourth-order valence-electron chi connectivity index (χ4n) is 3.97. The van der Waals surface area contributed by atoms with Crippen molar-refractivity contribution in [2.45, 2.75) is 31.8 Å². The Kier molecular flexibility index (Phi) is 7.71. The molecule has 4 aromatic rings. The molecule has 11 nitrogen and oxygen atoms in total. The number of anilines is 1. The molecule has 0 aliphatic heterocycles. The molecule has 0 spiro atoms. The lowest BCUT2D eigenvalue weighted by molar-refractivity contribution is 0.171. The zero-order valence-corrected chi connectivity index (χ0v) is 21.9. The first-order valence-corrected chi connectivity index (χ1v) is 13.0. The molecule has 0 radical (unpaired) electrons. The lowest BCUT2D eigenvalue weighted by Crippen LogP contribution is -2.32. The lowest BCUT2D eigenvalue weighted by atomic mass is 10.0. The third-order valence-corrected chi connectivity index (χ3v) is 7.71. The average Bonchev–Trinajstić information content (AvgIpc) is 3.52. The van der Waals surface area contributed by atoms with Crippen molar-refractivity contribution in [2.75, 3.05) is 18.9 Å². The number of para-hydroxylation sites is 1. The minimum absolute atomic E-state index is 0.0666. The zero-order chi connectivity index (χ0) is 27.6. The molecule has 0 saturated heterocycles. The molecular formula is C25H27FN4O7S. The summed E-state index contributed by atoms with van der Waals surface area (Å²) in [4.78, 5) is 0. The molecule has 4 rings (SSSR count). The molecule has 0 aliphatic rings. The van der Waals surface area contributed by atoms with Gasteiger partial charge in [0.25, 0.3) is 0 Å². The summed E-state index contributed by atoms with van der Waals surface area (Å²) in [5, 5.41) is 27.2. The van der Waals surface area contributed by atoms with Gasteiger partial charge >= 0.3 is 0 Å². The van der Waals surface area contributed by atoms with Gasteiger partial charge in [0.15, 0.2) is 5.76 Å². The topological polar surface area (TPSA) is 149 Å². The van der Waals surface area contributed by atoms with Crippen molar-refractivity contribution in [2.24, 2.45) is 0 Å². The number of benzene rings is 2. The standard InChI is InChI=1S/C25H27FN4O7S/c1-14-8-11-21(37-14)24-27-28-25(30(24)22-19(35-3)6-5-7-20(22)36-4)29-38(33,34)15(2)23(32)18-10-9-17(26)12-16(18)13-31/h5-12,15,23,31-32H,13H2,1-4H3,(H,28,29)/t15-,23+/m1/s1. The van der Waals surface area contributed by atoms with Crippen molar-refractivity contribution in [3.05, 3.63) is 71.2 Å². The maximum atomic E-state index is 13.6. The molecule has 0 aliphatic carbocycles. The molecule has 202 valence electrons. The van der Waals surface area contributed by atoms with Gasteiger partial charge in [0.2, 0.25) is 21.8 Å². The molecule has 0 bridgehead atoms. The van der Waals surface area contributed by atoms with E-state index in [1.165, 1.54) is 31.8 Å². The Balaban J connectivity index is 1.81. The Bertz CT molecular complexity index is 1530. The van der Waals surface area contributed by atoms with E-state index < -0.39 is 33.8 Å². The van der Waals surface area contributed by atoms with Gasteiger partial charge in [0.1, 0.15) is 34.0 Å². The molecule has 2 aromatic heterocycles. The summed E-state index contributed by atoms with van der Waals surface area (Å²) >= 11 is 0. The molecule has 13 heteroatoms. The summed E-state index contributed by atoms with van der Waals surface area (Å²) in [5.74, 6) is 0.880. The number of aliphatic hydroxyl groups excluding tert-OH is 2. The van der Waals surface area contributed by atoms with Crippen LogP contribution in [0.5, 0.6) is 11.5 Å². The van der Waals surface area contributed by atoms with Crippen LogP contribution in [0, 0.1) is 12.7 Å². The van der Waals surface area contributed by atoms with Crippen LogP contribution in [0.3, 0.4) is 0 Å². The number of ether oxygens (including phenoxy) is 2. The highest BCUT2D eigenvalue weighted by Gasteiger charge is 2.33. The van der Waals surface area contributed by atoms with Crippen molar-refractivity contribution >= 4 is 16.0 Å². The number of sulfonamides is 1. The molecule has 2 heterocycles. The van der Waals surface area contributed by atoms with Crippen molar-refractivity contribution in [3.63, 3.8) is 0 Å². The van der Waals surface area contributed by atoms with E-state index in [4.69, 9.17) is 13.9 Å². The number of hydrogen-bond acceptors (Lipinski definition) is 9. The highest BCUT2D eigenvalue weighted by Crippen LogP contribution is 2.38. The van der Waals surface area contributed by atoms with Crippen LogP contribution in [0.25, 0.3) is 17.3 Å². The van der Waals surface area contributed by atoms with Gasteiger partial charge in [0, 0.05) is 0 Å². The number of hydrogen-bond donors (Lipinski definition) is 3. The van der Waals surface area contributed by atoms with Gasteiger partial charge in [-0.1, -0.05) is 12.1 Å². The van der Waals surface area contributed by atoms with E-state index in [0.717, 1.165) is 12.1 Å². The molecular weight excluding hydrogens is 519 g/mol. The van der Waals surface area contributed by atoms with Gasteiger partial charge in [-0.2, -0.15) is 0 Å². The Hall–Kier alpha value is -3.94. The van der Waals surface area contributed by atoms with E-state index in [9.17, 15) is 23.0 Å². The van der Waals surface area contributed by atoms with E-state index in [0.29, 0.717) is 28.7 Å². The lowest BCUT2D eigenvalue weighted by Gasteiger charge is -2.23. The minimum atomic E-state index is -4.34. The summed E-state index contributed by atoms with van der Waals surface area (Å²) in [5.41, 5.74) is 0.446. The van der Waals surface area contributed by atoms with Crippen LogP contribution in [-0.4, -0.2) is 52.9 Å². The number of furan rings is 1. The van der Waals surface area contributed by atoms with Gasteiger partial charge in [-0.25, -0.2) is 12.8 Å². The van der Waals surface area contributed by atoms with Gasteiger partial charge < -0.3 is 24.1 Å². The van der Waals surface area contributed by atoms with E-state index in [2.05, 4.69) is 14.9 Å². The minimum Gasteiger partial charge on any atom is -0.494 e. The van der Waals surface area contributed by atoms with Crippen LogP contribution < -0.4 is 14.2 Å². The zero-order valence-electron chi connectivity index (χ0n) is 21.0. The number of aromatic nitrogens is 3. The highest BCUT2D eigenvalue weighted by atomic mass is 32.2.